The lowest BCUT2D eigenvalue weighted by molar-refractivity contribution is 0.257. The number of ether oxygens (including phenoxy) is 1. The fraction of sp³-hybridized carbons (Fsp3) is 0.444. The van der Waals surface area contributed by atoms with E-state index in [4.69, 9.17) is 20.9 Å². The zero-order valence-corrected chi connectivity index (χ0v) is 17.7. The van der Waals surface area contributed by atoms with Gasteiger partial charge < -0.3 is 19.5 Å². The van der Waals surface area contributed by atoms with Gasteiger partial charge in [-0.2, -0.15) is 4.31 Å². The molecule has 1 aromatic heterocycles. The summed E-state index contributed by atoms with van der Waals surface area (Å²) in [5, 5.41) is 7.59. The molecule has 1 aromatic carbocycles. The molecule has 0 saturated carbocycles. The predicted molar refractivity (Wildman–Crippen MR) is 111 cm³/mol. The van der Waals surface area contributed by atoms with Gasteiger partial charge in [0, 0.05) is 44.3 Å². The summed E-state index contributed by atoms with van der Waals surface area (Å²) in [5.41, 5.74) is 0.408. The van der Waals surface area contributed by atoms with Crippen LogP contribution in [0.1, 0.15) is 5.69 Å². The third kappa shape index (κ3) is 6.09. The molecule has 2 aromatic rings. The van der Waals surface area contributed by atoms with Crippen LogP contribution in [0.25, 0.3) is 0 Å². The van der Waals surface area contributed by atoms with Crippen LogP contribution in [-0.4, -0.2) is 75.1 Å². The summed E-state index contributed by atoms with van der Waals surface area (Å²) >= 11 is 5.86. The van der Waals surface area contributed by atoms with Crippen LogP contribution in [0.15, 0.2) is 46.1 Å². The summed E-state index contributed by atoms with van der Waals surface area (Å²) < 4.78 is 36.9. The quantitative estimate of drug-likeness (QED) is 0.394. The maximum Gasteiger partial charge on any atom is 0.220 e. The van der Waals surface area contributed by atoms with E-state index < -0.39 is 10.0 Å². The average Bonchev–Trinajstić information content (AvgIpc) is 3.22. The Morgan fingerprint density at radius 2 is 1.97 bits per heavy atom. The Labute approximate surface area is 175 Å². The van der Waals surface area contributed by atoms with E-state index in [1.165, 1.54) is 10.6 Å². The fourth-order valence-electron chi connectivity index (χ4n) is 2.96. The number of nitrogens with zero attached hydrogens (tertiary/aromatic N) is 4. The molecule has 1 aliphatic heterocycles. The lowest BCUT2D eigenvalue weighted by atomic mass is 10.3. The molecule has 0 amide bonds. The van der Waals surface area contributed by atoms with E-state index in [2.05, 4.69) is 15.5 Å². The standard InChI is InChI=1S/C18H24ClN5O4S/c1-20-18(21-7-13-27-17-4-2-15(19)3-5-17)23-8-10-24(11-9-23)29(25,26)14-16-6-12-28-22-16/h2-6,12H,7-11,13-14H2,1H3,(H,20,21). The first-order valence-electron chi connectivity index (χ1n) is 9.19. The average molecular weight is 442 g/mol. The first-order chi connectivity index (χ1) is 14.0. The molecule has 1 fully saturated rings. The van der Waals surface area contributed by atoms with Crippen molar-refractivity contribution in [1.29, 1.82) is 0 Å². The third-order valence-corrected chi connectivity index (χ3v) is 6.50. The van der Waals surface area contributed by atoms with Crippen LogP contribution in [0.3, 0.4) is 0 Å². The molecule has 1 saturated heterocycles. The number of guanidine groups is 1. The first-order valence-corrected chi connectivity index (χ1v) is 11.2. The molecule has 3 rings (SSSR count). The smallest absolute Gasteiger partial charge is 0.220 e. The number of nitrogens with one attached hydrogen (secondary N) is 1. The summed E-state index contributed by atoms with van der Waals surface area (Å²) in [4.78, 5) is 6.32. The molecule has 1 aliphatic rings. The summed E-state index contributed by atoms with van der Waals surface area (Å²) in [6, 6.07) is 8.75. The van der Waals surface area contributed by atoms with Gasteiger partial charge in [-0.05, 0) is 24.3 Å². The van der Waals surface area contributed by atoms with Crippen LogP contribution in [0.5, 0.6) is 5.75 Å². The van der Waals surface area contributed by atoms with E-state index in [0.29, 0.717) is 50.0 Å². The van der Waals surface area contributed by atoms with Crippen molar-refractivity contribution in [3.8, 4) is 5.75 Å². The van der Waals surface area contributed by atoms with Gasteiger partial charge in [0.25, 0.3) is 0 Å². The fourth-order valence-corrected chi connectivity index (χ4v) is 4.51. The Morgan fingerprint density at radius 1 is 1.24 bits per heavy atom. The minimum atomic E-state index is -3.42. The highest BCUT2D eigenvalue weighted by Gasteiger charge is 2.28. The molecule has 158 valence electrons. The number of piperazine rings is 1. The minimum absolute atomic E-state index is 0.154. The molecule has 0 bridgehead atoms. The Hall–Kier alpha value is -2.30. The van der Waals surface area contributed by atoms with Gasteiger partial charge in [0.1, 0.15) is 24.4 Å². The number of aliphatic imine (C=N–C) groups is 1. The highest BCUT2D eigenvalue weighted by atomic mass is 35.5. The van der Waals surface area contributed by atoms with Gasteiger partial charge in [0.15, 0.2) is 5.96 Å². The molecule has 29 heavy (non-hydrogen) atoms. The van der Waals surface area contributed by atoms with Gasteiger partial charge in [0.2, 0.25) is 10.0 Å². The number of sulfonamides is 1. The van der Waals surface area contributed by atoms with E-state index in [0.717, 1.165) is 11.7 Å². The molecule has 0 aliphatic carbocycles. The van der Waals surface area contributed by atoms with Crippen LogP contribution in [0.2, 0.25) is 5.02 Å². The molecule has 0 spiro atoms. The molecular weight excluding hydrogens is 418 g/mol. The number of benzene rings is 1. The molecule has 2 heterocycles. The molecule has 0 atom stereocenters. The largest absolute Gasteiger partial charge is 0.492 e. The second-order valence-electron chi connectivity index (χ2n) is 6.41. The Kier molecular flexibility index (Phi) is 7.34. The summed E-state index contributed by atoms with van der Waals surface area (Å²) in [7, 11) is -1.72. The maximum atomic E-state index is 12.5. The maximum absolute atomic E-state index is 12.5. The van der Waals surface area contributed by atoms with E-state index in [1.807, 2.05) is 17.0 Å². The van der Waals surface area contributed by atoms with Crippen LogP contribution in [0.4, 0.5) is 0 Å². The van der Waals surface area contributed by atoms with Crippen molar-refractivity contribution in [2.45, 2.75) is 5.75 Å². The van der Waals surface area contributed by atoms with Crippen LogP contribution in [0, 0.1) is 0 Å². The van der Waals surface area contributed by atoms with Crippen molar-refractivity contribution in [3.63, 3.8) is 0 Å². The summed E-state index contributed by atoms with van der Waals surface area (Å²) in [6.07, 6.45) is 1.37. The van der Waals surface area contributed by atoms with Gasteiger partial charge in [-0.1, -0.05) is 16.8 Å². The minimum Gasteiger partial charge on any atom is -0.492 e. The van der Waals surface area contributed by atoms with Gasteiger partial charge in [-0.25, -0.2) is 8.42 Å². The second-order valence-corrected chi connectivity index (χ2v) is 8.81. The molecule has 11 heteroatoms. The number of hydrogen-bond acceptors (Lipinski definition) is 6. The lowest BCUT2D eigenvalue weighted by Crippen LogP contribution is -2.54. The number of aromatic nitrogens is 1. The molecule has 0 radical (unpaired) electrons. The number of hydrogen-bond donors (Lipinski definition) is 1. The Bertz CT molecular complexity index is 895. The monoisotopic (exact) mass is 441 g/mol. The predicted octanol–water partition coefficient (Wildman–Crippen LogP) is 1.43. The van der Waals surface area contributed by atoms with Gasteiger partial charge in [-0.3, -0.25) is 4.99 Å². The van der Waals surface area contributed by atoms with Gasteiger partial charge >= 0.3 is 0 Å². The van der Waals surface area contributed by atoms with Crippen molar-refractivity contribution in [3.05, 3.63) is 47.3 Å². The Morgan fingerprint density at radius 3 is 2.59 bits per heavy atom. The second kappa shape index (κ2) is 9.95. The molecule has 1 N–H and O–H groups in total. The van der Waals surface area contributed by atoms with Gasteiger partial charge in [-0.15, -0.1) is 0 Å². The summed E-state index contributed by atoms with van der Waals surface area (Å²) in [6.45, 7) is 2.92. The van der Waals surface area contributed by atoms with Crippen molar-refractivity contribution >= 4 is 27.6 Å². The topological polar surface area (TPSA) is 100 Å². The molecule has 9 nitrogen and oxygen atoms in total. The van der Waals surface area contributed by atoms with Crippen molar-refractivity contribution in [2.24, 2.45) is 4.99 Å². The van der Waals surface area contributed by atoms with Crippen molar-refractivity contribution < 1.29 is 17.7 Å². The number of rotatable bonds is 7. The first kappa shape index (κ1) is 21.4. The third-order valence-electron chi connectivity index (χ3n) is 4.43. The van der Waals surface area contributed by atoms with Gasteiger partial charge in [0.05, 0.1) is 12.2 Å². The SMILES string of the molecule is CN=C(NCCOc1ccc(Cl)cc1)N1CCN(S(=O)(=O)Cc2ccon2)CC1. The Balaban J connectivity index is 1.43. The van der Waals surface area contributed by atoms with E-state index >= 15 is 0 Å². The van der Waals surface area contributed by atoms with Crippen molar-refractivity contribution in [2.75, 3.05) is 46.4 Å². The van der Waals surface area contributed by atoms with Crippen molar-refractivity contribution in [1.82, 2.24) is 19.7 Å². The molecule has 0 unspecified atom stereocenters. The normalized spacial score (nSPS) is 16.1. The van der Waals surface area contributed by atoms with Crippen LogP contribution >= 0.6 is 11.6 Å². The van der Waals surface area contributed by atoms with E-state index in [9.17, 15) is 8.42 Å². The lowest BCUT2D eigenvalue weighted by Gasteiger charge is -2.35. The van der Waals surface area contributed by atoms with Crippen LogP contribution < -0.4 is 10.1 Å². The zero-order valence-electron chi connectivity index (χ0n) is 16.1. The highest BCUT2D eigenvalue weighted by molar-refractivity contribution is 7.88. The van der Waals surface area contributed by atoms with E-state index in [1.54, 1.807) is 25.2 Å². The number of halogens is 1. The van der Waals surface area contributed by atoms with Crippen LogP contribution in [-0.2, 0) is 15.8 Å². The molecular formula is C18H24ClN5O4S. The van der Waals surface area contributed by atoms with E-state index in [-0.39, 0.29) is 5.75 Å². The highest BCUT2D eigenvalue weighted by Crippen LogP contribution is 2.15. The zero-order chi connectivity index (χ0) is 20.7. The summed E-state index contributed by atoms with van der Waals surface area (Å²) in [5.74, 6) is 1.31.